The number of esters is 2. The van der Waals surface area contributed by atoms with Gasteiger partial charge in [0.25, 0.3) is 5.91 Å². The molecule has 0 aromatic rings. The lowest BCUT2D eigenvalue weighted by atomic mass is 10.3. The number of hydrogen-bond donors (Lipinski definition) is 1. The van der Waals surface area contributed by atoms with Crippen LogP contribution >= 0.6 is 0 Å². The predicted molar refractivity (Wildman–Crippen MR) is 53.2 cm³/mol. The van der Waals surface area contributed by atoms with Crippen LogP contribution in [0, 0.1) is 0 Å². The van der Waals surface area contributed by atoms with E-state index in [1.54, 1.807) is 0 Å². The van der Waals surface area contributed by atoms with Crippen LogP contribution in [0.15, 0.2) is 11.5 Å². The average molecular weight is 243 g/mol. The second-order valence-corrected chi connectivity index (χ2v) is 3.62. The number of hydrogen-bond acceptors (Lipinski definition) is 7. The zero-order chi connectivity index (χ0) is 12.5. The highest BCUT2D eigenvalue weighted by Gasteiger charge is 2.49. The molecule has 7 nitrogen and oxygen atoms in total. The Kier molecular flexibility index (Phi) is 2.93. The zero-order valence-corrected chi connectivity index (χ0v) is 9.57. The normalized spacial score (nSPS) is 26.7. The molecule has 2 aliphatic rings. The Hall–Kier alpha value is -1.76. The van der Waals surface area contributed by atoms with E-state index >= 15 is 0 Å². The van der Waals surface area contributed by atoms with Crippen molar-refractivity contribution in [1.29, 1.82) is 0 Å². The summed E-state index contributed by atoms with van der Waals surface area (Å²) in [4.78, 5) is 23.0. The number of rotatable bonds is 2. The van der Waals surface area contributed by atoms with E-state index in [-0.39, 0.29) is 11.5 Å². The van der Waals surface area contributed by atoms with Crippen molar-refractivity contribution in [2.75, 3.05) is 20.8 Å². The molecule has 2 heterocycles. The maximum absolute atomic E-state index is 11.5. The molecule has 0 aliphatic carbocycles. The molecule has 0 amide bonds. The van der Waals surface area contributed by atoms with E-state index < -0.39 is 17.8 Å². The van der Waals surface area contributed by atoms with Crippen molar-refractivity contribution < 1.29 is 28.5 Å². The van der Waals surface area contributed by atoms with E-state index in [1.807, 2.05) is 0 Å². The largest absolute Gasteiger partial charge is 0.464 e. The molecule has 1 unspecified atom stereocenters. The monoisotopic (exact) mass is 243 g/mol. The molecule has 0 aromatic heterocycles. The van der Waals surface area contributed by atoms with Crippen molar-refractivity contribution in [3.63, 3.8) is 0 Å². The Labute approximate surface area is 97.6 Å². The van der Waals surface area contributed by atoms with Gasteiger partial charge in [0.2, 0.25) is 5.76 Å². The third kappa shape index (κ3) is 1.93. The molecule has 17 heavy (non-hydrogen) atoms. The molecule has 2 rings (SSSR count). The van der Waals surface area contributed by atoms with Gasteiger partial charge < -0.3 is 24.3 Å². The van der Waals surface area contributed by atoms with Crippen LogP contribution < -0.4 is 5.32 Å². The van der Waals surface area contributed by atoms with Crippen molar-refractivity contribution in [3.8, 4) is 0 Å². The first-order chi connectivity index (χ1) is 8.12. The van der Waals surface area contributed by atoms with E-state index in [1.165, 1.54) is 14.2 Å². The minimum absolute atomic E-state index is 0.0683. The lowest BCUT2D eigenvalue weighted by Gasteiger charge is -2.23. The van der Waals surface area contributed by atoms with Gasteiger partial charge >= 0.3 is 11.9 Å². The van der Waals surface area contributed by atoms with Gasteiger partial charge in [0.1, 0.15) is 0 Å². The summed E-state index contributed by atoms with van der Waals surface area (Å²) in [6.07, 6.45) is 1.31. The second-order valence-electron chi connectivity index (χ2n) is 3.62. The number of methoxy groups -OCH3 is 2. The molecule has 1 saturated heterocycles. The minimum Gasteiger partial charge on any atom is -0.464 e. The molecule has 94 valence electrons. The third-order valence-electron chi connectivity index (χ3n) is 2.56. The van der Waals surface area contributed by atoms with Crippen LogP contribution in [0.25, 0.3) is 0 Å². The SMILES string of the molecule is COC(=O)C1=C(C(=O)OC)OC2(CCCO2)N1. The lowest BCUT2D eigenvalue weighted by molar-refractivity contribution is -0.192. The molecule has 1 atom stereocenters. The van der Waals surface area contributed by atoms with Gasteiger partial charge in [-0.15, -0.1) is 0 Å². The summed E-state index contributed by atoms with van der Waals surface area (Å²) in [5, 5.41) is 2.74. The first kappa shape index (κ1) is 11.7. The van der Waals surface area contributed by atoms with Crippen LogP contribution in [0.3, 0.4) is 0 Å². The summed E-state index contributed by atoms with van der Waals surface area (Å²) in [5.41, 5.74) is -0.0683. The maximum Gasteiger partial charge on any atom is 0.376 e. The van der Waals surface area contributed by atoms with Gasteiger partial charge in [0.15, 0.2) is 5.70 Å². The van der Waals surface area contributed by atoms with E-state index in [4.69, 9.17) is 9.47 Å². The molecule has 1 spiro atoms. The highest BCUT2D eigenvalue weighted by atomic mass is 16.7. The van der Waals surface area contributed by atoms with Crippen LogP contribution in [0.5, 0.6) is 0 Å². The fraction of sp³-hybridized carbons (Fsp3) is 0.600. The van der Waals surface area contributed by atoms with Crippen LogP contribution in [0.1, 0.15) is 12.8 Å². The highest BCUT2D eigenvalue weighted by Crippen LogP contribution is 2.34. The summed E-state index contributed by atoms with van der Waals surface area (Å²) in [7, 11) is 2.42. The van der Waals surface area contributed by atoms with E-state index in [0.717, 1.165) is 6.42 Å². The predicted octanol–water partition coefficient (Wildman–Crippen LogP) is -0.372. The van der Waals surface area contributed by atoms with Crippen LogP contribution in [0.4, 0.5) is 0 Å². The molecule has 0 radical (unpaired) electrons. The summed E-state index contributed by atoms with van der Waals surface area (Å²) >= 11 is 0. The average Bonchev–Trinajstić information content (AvgIpc) is 2.95. The molecule has 0 aromatic carbocycles. The van der Waals surface area contributed by atoms with Crippen molar-refractivity contribution >= 4 is 11.9 Å². The van der Waals surface area contributed by atoms with Gasteiger partial charge in [-0.2, -0.15) is 0 Å². The Bertz CT molecular complexity index is 352. The van der Waals surface area contributed by atoms with Crippen LogP contribution in [-0.2, 0) is 28.5 Å². The van der Waals surface area contributed by atoms with Crippen molar-refractivity contribution in [2.45, 2.75) is 18.8 Å². The Balaban J connectivity index is 2.27. The number of carbonyl (C=O) groups is 2. The van der Waals surface area contributed by atoms with Gasteiger partial charge in [0.05, 0.1) is 20.8 Å². The molecule has 1 fully saturated rings. The van der Waals surface area contributed by atoms with Gasteiger partial charge in [-0.1, -0.05) is 0 Å². The zero-order valence-electron chi connectivity index (χ0n) is 9.57. The topological polar surface area (TPSA) is 83.1 Å². The van der Waals surface area contributed by atoms with Gasteiger partial charge in [-0.25, -0.2) is 9.59 Å². The molecular formula is C10H13NO6. The molecule has 0 saturated carbocycles. The van der Waals surface area contributed by atoms with Crippen molar-refractivity contribution in [3.05, 3.63) is 11.5 Å². The minimum atomic E-state index is -1.13. The van der Waals surface area contributed by atoms with Crippen LogP contribution in [0.2, 0.25) is 0 Å². The first-order valence-electron chi connectivity index (χ1n) is 5.14. The number of nitrogens with one attached hydrogen (secondary N) is 1. The summed E-state index contributed by atoms with van der Waals surface area (Å²) in [6.45, 7) is 0.496. The van der Waals surface area contributed by atoms with E-state index in [0.29, 0.717) is 13.0 Å². The van der Waals surface area contributed by atoms with Crippen molar-refractivity contribution in [2.24, 2.45) is 0 Å². The lowest BCUT2D eigenvalue weighted by Crippen LogP contribution is -2.42. The van der Waals surface area contributed by atoms with Gasteiger partial charge in [-0.05, 0) is 6.42 Å². The summed E-state index contributed by atoms with van der Waals surface area (Å²) < 4.78 is 19.8. The molecular weight excluding hydrogens is 230 g/mol. The van der Waals surface area contributed by atoms with Crippen LogP contribution in [-0.4, -0.2) is 38.7 Å². The maximum atomic E-state index is 11.5. The Morgan fingerprint density at radius 1 is 1.29 bits per heavy atom. The molecule has 0 bridgehead atoms. The molecule has 7 heteroatoms. The van der Waals surface area contributed by atoms with Gasteiger partial charge in [0, 0.05) is 6.42 Å². The smallest absolute Gasteiger partial charge is 0.376 e. The second kappa shape index (κ2) is 4.25. The van der Waals surface area contributed by atoms with E-state index in [2.05, 4.69) is 14.8 Å². The quantitative estimate of drug-likeness (QED) is 0.662. The fourth-order valence-electron chi connectivity index (χ4n) is 1.76. The first-order valence-corrected chi connectivity index (χ1v) is 5.14. The summed E-state index contributed by atoms with van der Waals surface area (Å²) in [5.74, 6) is -2.78. The fourth-order valence-corrected chi connectivity index (χ4v) is 1.76. The standard InChI is InChI=1S/C10H13NO6/c1-14-8(12)6-7(9(13)15-2)17-10(11-6)4-3-5-16-10/h11H,3-5H2,1-2H3. The Morgan fingerprint density at radius 3 is 2.53 bits per heavy atom. The number of ether oxygens (including phenoxy) is 4. The Morgan fingerprint density at radius 2 is 2.00 bits per heavy atom. The number of carbonyl (C=O) groups excluding carboxylic acids is 2. The van der Waals surface area contributed by atoms with E-state index in [9.17, 15) is 9.59 Å². The molecule has 1 N–H and O–H groups in total. The third-order valence-corrected chi connectivity index (χ3v) is 2.56. The molecule has 2 aliphatic heterocycles. The van der Waals surface area contributed by atoms with Crippen molar-refractivity contribution in [1.82, 2.24) is 5.32 Å². The highest BCUT2D eigenvalue weighted by molar-refractivity contribution is 5.99. The summed E-state index contributed by atoms with van der Waals surface area (Å²) in [6, 6.07) is 0. The van der Waals surface area contributed by atoms with Gasteiger partial charge in [-0.3, -0.25) is 0 Å².